The van der Waals surface area contributed by atoms with Crippen LogP contribution in [0.3, 0.4) is 0 Å². The average molecular weight is 335 g/mol. The summed E-state index contributed by atoms with van der Waals surface area (Å²) in [4.78, 5) is 12.8. The van der Waals surface area contributed by atoms with Crippen molar-refractivity contribution in [1.82, 2.24) is 4.90 Å². The van der Waals surface area contributed by atoms with Crippen LogP contribution in [0.5, 0.6) is 0 Å². The highest BCUT2D eigenvalue weighted by atomic mass is 79.9. The van der Waals surface area contributed by atoms with Gasteiger partial charge >= 0.3 is 5.97 Å². The maximum atomic E-state index is 10.8. The fourth-order valence-corrected chi connectivity index (χ4v) is 2.58. The molecule has 5 heteroatoms. The van der Waals surface area contributed by atoms with E-state index >= 15 is 0 Å². The van der Waals surface area contributed by atoms with E-state index in [9.17, 15) is 4.79 Å². The van der Waals surface area contributed by atoms with Gasteiger partial charge in [0.2, 0.25) is 0 Å². The first-order chi connectivity index (χ1) is 8.32. The number of hydrogen-bond acceptors (Lipinski definition) is 2. The lowest BCUT2D eigenvalue weighted by Gasteiger charge is -2.27. The summed E-state index contributed by atoms with van der Waals surface area (Å²) in [5.41, 5.74) is 1.000. The van der Waals surface area contributed by atoms with E-state index in [0.29, 0.717) is 11.6 Å². The first kappa shape index (κ1) is 15.5. The molecule has 0 radical (unpaired) electrons. The number of carboxylic acids is 1. The molecule has 2 atom stereocenters. The molecule has 0 aliphatic rings. The van der Waals surface area contributed by atoms with Crippen LogP contribution >= 0.6 is 27.5 Å². The highest BCUT2D eigenvalue weighted by Crippen LogP contribution is 2.29. The van der Waals surface area contributed by atoms with Crippen molar-refractivity contribution in [3.05, 3.63) is 33.3 Å². The van der Waals surface area contributed by atoms with Crippen molar-refractivity contribution in [1.29, 1.82) is 0 Å². The zero-order valence-electron chi connectivity index (χ0n) is 10.7. The molecular formula is C13H17BrClNO2. The van der Waals surface area contributed by atoms with Gasteiger partial charge in [0.25, 0.3) is 0 Å². The van der Waals surface area contributed by atoms with Crippen LogP contribution in [-0.4, -0.2) is 29.6 Å². The van der Waals surface area contributed by atoms with Crippen LogP contribution in [0.2, 0.25) is 5.02 Å². The minimum Gasteiger partial charge on any atom is -0.481 e. The van der Waals surface area contributed by atoms with Gasteiger partial charge < -0.3 is 5.11 Å². The van der Waals surface area contributed by atoms with Gasteiger partial charge in [0.1, 0.15) is 0 Å². The zero-order valence-corrected chi connectivity index (χ0v) is 13.0. The molecule has 1 rings (SSSR count). The predicted molar refractivity (Wildman–Crippen MR) is 77.0 cm³/mol. The molecule has 18 heavy (non-hydrogen) atoms. The van der Waals surface area contributed by atoms with E-state index in [1.54, 1.807) is 6.92 Å². The van der Waals surface area contributed by atoms with Crippen LogP contribution in [0, 0.1) is 5.92 Å². The second kappa shape index (κ2) is 6.55. The molecule has 0 aliphatic carbocycles. The minimum atomic E-state index is -0.782. The summed E-state index contributed by atoms with van der Waals surface area (Å²) in [5, 5.41) is 9.60. The summed E-state index contributed by atoms with van der Waals surface area (Å²) in [7, 11) is 1.91. The maximum Gasteiger partial charge on any atom is 0.307 e. The molecule has 1 aromatic rings. The standard InChI is InChI=1S/C13H17BrClNO2/c1-8(13(17)18)7-16(3)9(2)11-5-4-10(14)6-12(11)15/h4-6,8-9H,7H2,1-3H3,(H,17,18). The molecule has 0 heterocycles. The van der Waals surface area contributed by atoms with Crippen LogP contribution in [0.1, 0.15) is 25.5 Å². The van der Waals surface area contributed by atoms with Gasteiger partial charge in [-0.2, -0.15) is 0 Å². The van der Waals surface area contributed by atoms with Crippen LogP contribution in [0.25, 0.3) is 0 Å². The number of rotatable bonds is 5. The molecule has 1 aromatic carbocycles. The Morgan fingerprint density at radius 1 is 1.50 bits per heavy atom. The Morgan fingerprint density at radius 2 is 2.11 bits per heavy atom. The minimum absolute atomic E-state index is 0.0763. The third kappa shape index (κ3) is 3.97. The number of carbonyl (C=O) groups is 1. The van der Waals surface area contributed by atoms with Crippen molar-refractivity contribution in [3.63, 3.8) is 0 Å². The van der Waals surface area contributed by atoms with Gasteiger partial charge in [0.15, 0.2) is 0 Å². The summed E-state index contributed by atoms with van der Waals surface area (Å²) in [6, 6.07) is 5.82. The molecule has 1 N–H and O–H groups in total. The van der Waals surface area contributed by atoms with Crippen molar-refractivity contribution in [3.8, 4) is 0 Å². The molecule has 0 amide bonds. The monoisotopic (exact) mass is 333 g/mol. The van der Waals surface area contributed by atoms with Gasteiger partial charge in [-0.3, -0.25) is 9.69 Å². The Morgan fingerprint density at radius 3 is 2.61 bits per heavy atom. The van der Waals surface area contributed by atoms with Crippen LogP contribution in [0.15, 0.2) is 22.7 Å². The molecular weight excluding hydrogens is 318 g/mol. The van der Waals surface area contributed by atoms with Gasteiger partial charge in [-0.05, 0) is 31.7 Å². The molecule has 0 aromatic heterocycles. The lowest BCUT2D eigenvalue weighted by Crippen LogP contribution is -2.30. The third-order valence-corrected chi connectivity index (χ3v) is 3.88. The Hall–Kier alpha value is -0.580. The molecule has 0 spiro atoms. The summed E-state index contributed by atoms with van der Waals surface area (Å²) in [5.74, 6) is -1.18. The molecule has 0 bridgehead atoms. The molecule has 0 fully saturated rings. The number of halogens is 2. The van der Waals surface area contributed by atoms with Crippen molar-refractivity contribution < 1.29 is 9.90 Å². The fraction of sp³-hybridized carbons (Fsp3) is 0.462. The van der Waals surface area contributed by atoms with Gasteiger partial charge in [-0.15, -0.1) is 0 Å². The van der Waals surface area contributed by atoms with E-state index in [1.165, 1.54) is 0 Å². The fourth-order valence-electron chi connectivity index (χ4n) is 1.75. The van der Waals surface area contributed by atoms with E-state index < -0.39 is 11.9 Å². The number of hydrogen-bond donors (Lipinski definition) is 1. The van der Waals surface area contributed by atoms with Gasteiger partial charge in [0.05, 0.1) is 5.92 Å². The molecule has 2 unspecified atom stereocenters. The van der Waals surface area contributed by atoms with Crippen LogP contribution in [0.4, 0.5) is 0 Å². The smallest absolute Gasteiger partial charge is 0.307 e. The summed E-state index contributed by atoms with van der Waals surface area (Å²) in [6.07, 6.45) is 0. The Bertz CT molecular complexity index is 439. The van der Waals surface area contributed by atoms with E-state index in [4.69, 9.17) is 16.7 Å². The Kier molecular flexibility index (Phi) is 5.63. The Balaban J connectivity index is 2.80. The topological polar surface area (TPSA) is 40.5 Å². The first-order valence-electron chi connectivity index (χ1n) is 5.71. The van der Waals surface area contributed by atoms with Gasteiger partial charge in [-0.25, -0.2) is 0 Å². The maximum absolute atomic E-state index is 10.8. The third-order valence-electron chi connectivity index (χ3n) is 3.06. The Labute approximate surface area is 121 Å². The molecule has 0 aliphatic heterocycles. The van der Waals surface area contributed by atoms with Crippen LogP contribution in [-0.2, 0) is 4.79 Å². The second-order valence-corrected chi connectivity index (χ2v) is 5.84. The number of aliphatic carboxylic acids is 1. The number of benzene rings is 1. The van der Waals surface area contributed by atoms with E-state index in [1.807, 2.05) is 37.1 Å². The lowest BCUT2D eigenvalue weighted by atomic mass is 10.1. The molecule has 3 nitrogen and oxygen atoms in total. The van der Waals surface area contributed by atoms with E-state index in [2.05, 4.69) is 15.9 Å². The quantitative estimate of drug-likeness (QED) is 0.890. The van der Waals surface area contributed by atoms with Crippen molar-refractivity contribution in [2.75, 3.05) is 13.6 Å². The zero-order chi connectivity index (χ0) is 13.9. The van der Waals surface area contributed by atoms with Crippen LogP contribution < -0.4 is 0 Å². The van der Waals surface area contributed by atoms with E-state index in [0.717, 1.165) is 10.0 Å². The van der Waals surface area contributed by atoms with Crippen molar-refractivity contribution >= 4 is 33.5 Å². The highest BCUT2D eigenvalue weighted by molar-refractivity contribution is 9.10. The predicted octanol–water partition coefficient (Wildman–Crippen LogP) is 3.82. The lowest BCUT2D eigenvalue weighted by molar-refractivity contribution is -0.141. The normalized spacial score (nSPS) is 14.6. The summed E-state index contributed by atoms with van der Waals surface area (Å²) >= 11 is 9.56. The SMILES string of the molecule is CC(CN(C)C(C)c1ccc(Br)cc1Cl)C(=O)O. The first-order valence-corrected chi connectivity index (χ1v) is 6.88. The number of nitrogens with zero attached hydrogens (tertiary/aromatic N) is 1. The van der Waals surface area contributed by atoms with E-state index in [-0.39, 0.29) is 6.04 Å². The molecule has 100 valence electrons. The van der Waals surface area contributed by atoms with Crippen molar-refractivity contribution in [2.24, 2.45) is 5.92 Å². The molecule has 0 saturated carbocycles. The second-order valence-electron chi connectivity index (χ2n) is 4.52. The largest absolute Gasteiger partial charge is 0.481 e. The highest BCUT2D eigenvalue weighted by Gasteiger charge is 2.19. The van der Waals surface area contributed by atoms with Crippen molar-refractivity contribution in [2.45, 2.75) is 19.9 Å². The van der Waals surface area contributed by atoms with Gasteiger partial charge in [-0.1, -0.05) is 40.5 Å². The average Bonchev–Trinajstić information content (AvgIpc) is 2.27. The summed E-state index contributed by atoms with van der Waals surface area (Å²) < 4.78 is 0.935. The van der Waals surface area contributed by atoms with Gasteiger partial charge in [0, 0.05) is 22.1 Å². The summed E-state index contributed by atoms with van der Waals surface area (Å²) in [6.45, 7) is 4.21. The number of carboxylic acid groups (broad SMARTS) is 1. The molecule has 0 saturated heterocycles.